The van der Waals surface area contributed by atoms with Crippen LogP contribution in [0.5, 0.6) is 0 Å². The monoisotopic (exact) mass is 324 g/mol. The number of rotatable bonds is 4. The molecule has 0 aliphatic carbocycles. The number of carbonyl (C=O) groups is 1. The number of hydrogen-bond donors (Lipinski definition) is 1. The smallest absolute Gasteiger partial charge is 0.254 e. The Hall–Kier alpha value is -2.95. The van der Waals surface area contributed by atoms with E-state index in [0.717, 1.165) is 5.39 Å². The quantitative estimate of drug-likeness (QED) is 0.802. The van der Waals surface area contributed by atoms with Crippen molar-refractivity contribution < 1.29 is 9.18 Å². The number of pyridine rings is 1. The van der Waals surface area contributed by atoms with Gasteiger partial charge in [0.05, 0.1) is 5.52 Å². The summed E-state index contributed by atoms with van der Waals surface area (Å²) in [6, 6.07) is 15.5. The van der Waals surface area contributed by atoms with E-state index in [-0.39, 0.29) is 30.4 Å². The first-order chi connectivity index (χ1) is 11.6. The Labute approximate surface area is 138 Å². The summed E-state index contributed by atoms with van der Waals surface area (Å²) in [5, 5.41) is 3.56. The van der Waals surface area contributed by atoms with Crippen molar-refractivity contribution in [2.24, 2.45) is 0 Å². The average molecular weight is 324 g/mol. The summed E-state index contributed by atoms with van der Waals surface area (Å²) in [7, 11) is 0. The van der Waals surface area contributed by atoms with Crippen LogP contribution >= 0.6 is 0 Å². The van der Waals surface area contributed by atoms with Gasteiger partial charge in [-0.3, -0.25) is 14.2 Å². The molecule has 122 valence electrons. The first-order valence-electron chi connectivity index (χ1n) is 7.65. The van der Waals surface area contributed by atoms with Crippen LogP contribution in [0.3, 0.4) is 0 Å². The molecule has 0 atom stereocenters. The van der Waals surface area contributed by atoms with Crippen molar-refractivity contribution in [3.05, 3.63) is 81.9 Å². The number of halogens is 1. The molecule has 0 radical (unpaired) electrons. The zero-order chi connectivity index (χ0) is 17.1. The number of nitrogens with zero attached hydrogens (tertiary/aromatic N) is 1. The predicted molar refractivity (Wildman–Crippen MR) is 91.2 cm³/mol. The van der Waals surface area contributed by atoms with Crippen LogP contribution in [0.15, 0.2) is 59.4 Å². The van der Waals surface area contributed by atoms with Crippen LogP contribution in [0.2, 0.25) is 0 Å². The van der Waals surface area contributed by atoms with Crippen LogP contribution in [-0.2, 0) is 17.9 Å². The van der Waals surface area contributed by atoms with Gasteiger partial charge in [0.25, 0.3) is 5.56 Å². The van der Waals surface area contributed by atoms with Crippen LogP contribution in [0.4, 0.5) is 4.39 Å². The van der Waals surface area contributed by atoms with Crippen LogP contribution in [0.1, 0.15) is 11.1 Å². The van der Waals surface area contributed by atoms with Gasteiger partial charge in [-0.2, -0.15) is 0 Å². The lowest BCUT2D eigenvalue weighted by Crippen LogP contribution is -2.33. The molecule has 0 spiro atoms. The minimum Gasteiger partial charge on any atom is -0.350 e. The van der Waals surface area contributed by atoms with E-state index in [1.165, 1.54) is 10.6 Å². The fourth-order valence-corrected chi connectivity index (χ4v) is 2.66. The maximum Gasteiger partial charge on any atom is 0.254 e. The van der Waals surface area contributed by atoms with Crippen LogP contribution in [0.25, 0.3) is 10.9 Å². The lowest BCUT2D eigenvalue weighted by Gasteiger charge is -2.12. The highest BCUT2D eigenvalue weighted by molar-refractivity contribution is 5.82. The van der Waals surface area contributed by atoms with E-state index in [2.05, 4.69) is 5.32 Å². The number of aryl methyl sites for hydroxylation is 1. The Morgan fingerprint density at radius 3 is 2.62 bits per heavy atom. The van der Waals surface area contributed by atoms with Crippen LogP contribution in [-0.4, -0.2) is 10.5 Å². The molecular formula is C19H17FN2O2. The molecule has 0 unspecified atom stereocenters. The van der Waals surface area contributed by atoms with Gasteiger partial charge in [0.15, 0.2) is 0 Å². The Morgan fingerprint density at radius 1 is 1.12 bits per heavy atom. The molecule has 0 aliphatic rings. The molecule has 2 aromatic carbocycles. The van der Waals surface area contributed by atoms with Gasteiger partial charge >= 0.3 is 0 Å². The zero-order valence-corrected chi connectivity index (χ0v) is 13.3. The highest BCUT2D eigenvalue weighted by Crippen LogP contribution is 2.13. The van der Waals surface area contributed by atoms with E-state index in [4.69, 9.17) is 0 Å². The zero-order valence-electron chi connectivity index (χ0n) is 13.3. The molecule has 0 saturated heterocycles. The maximum absolute atomic E-state index is 13.6. The van der Waals surface area contributed by atoms with Crippen molar-refractivity contribution in [2.75, 3.05) is 0 Å². The van der Waals surface area contributed by atoms with Crippen molar-refractivity contribution in [1.29, 1.82) is 0 Å². The molecule has 5 heteroatoms. The lowest BCUT2D eigenvalue weighted by atomic mass is 10.1. The topological polar surface area (TPSA) is 51.1 Å². The summed E-state index contributed by atoms with van der Waals surface area (Å²) in [5.74, 6) is -0.702. The highest BCUT2D eigenvalue weighted by Gasteiger charge is 2.11. The number of nitrogens with one attached hydrogen (secondary N) is 1. The van der Waals surface area contributed by atoms with Crippen molar-refractivity contribution >= 4 is 16.8 Å². The molecule has 0 saturated carbocycles. The SMILES string of the molecule is Cc1cc2ccccc2n(CC(=O)NCc2ccccc2F)c1=O. The molecular weight excluding hydrogens is 307 g/mol. The summed E-state index contributed by atoms with van der Waals surface area (Å²) >= 11 is 0. The third-order valence-electron chi connectivity index (χ3n) is 3.92. The Bertz CT molecular complexity index is 963. The molecule has 1 aromatic heterocycles. The molecule has 24 heavy (non-hydrogen) atoms. The number of aromatic nitrogens is 1. The van der Waals surface area contributed by atoms with E-state index in [0.29, 0.717) is 16.6 Å². The maximum atomic E-state index is 13.6. The summed E-state index contributed by atoms with van der Waals surface area (Å²) in [6.45, 7) is 1.71. The largest absolute Gasteiger partial charge is 0.350 e. The highest BCUT2D eigenvalue weighted by atomic mass is 19.1. The second-order valence-corrected chi connectivity index (χ2v) is 5.65. The number of carbonyl (C=O) groups excluding carboxylic acids is 1. The molecule has 1 amide bonds. The Balaban J connectivity index is 1.82. The molecule has 0 bridgehead atoms. The average Bonchev–Trinajstić information content (AvgIpc) is 2.58. The summed E-state index contributed by atoms with van der Waals surface area (Å²) in [5.41, 5.74) is 1.49. The number of fused-ring (bicyclic) bond motifs is 1. The first-order valence-corrected chi connectivity index (χ1v) is 7.65. The summed E-state index contributed by atoms with van der Waals surface area (Å²) in [4.78, 5) is 24.6. The number of para-hydroxylation sites is 1. The number of amides is 1. The van der Waals surface area contributed by atoms with Gasteiger partial charge in [0.1, 0.15) is 12.4 Å². The molecule has 1 N–H and O–H groups in total. The Kier molecular flexibility index (Phi) is 4.42. The van der Waals surface area contributed by atoms with E-state index >= 15 is 0 Å². The van der Waals surface area contributed by atoms with E-state index in [9.17, 15) is 14.0 Å². The molecule has 3 rings (SSSR count). The predicted octanol–water partition coefficient (Wildman–Crippen LogP) is 2.77. The van der Waals surface area contributed by atoms with E-state index in [1.807, 2.05) is 24.3 Å². The normalized spacial score (nSPS) is 10.8. The summed E-state index contributed by atoms with van der Waals surface area (Å²) < 4.78 is 15.0. The van der Waals surface area contributed by atoms with Crippen molar-refractivity contribution in [2.45, 2.75) is 20.0 Å². The second kappa shape index (κ2) is 6.66. The molecule has 3 aromatic rings. The van der Waals surface area contributed by atoms with Gasteiger partial charge in [-0.1, -0.05) is 36.4 Å². The summed E-state index contributed by atoms with van der Waals surface area (Å²) in [6.07, 6.45) is 0. The third-order valence-corrected chi connectivity index (χ3v) is 3.92. The second-order valence-electron chi connectivity index (χ2n) is 5.65. The molecule has 0 fully saturated rings. The molecule has 1 heterocycles. The van der Waals surface area contributed by atoms with Gasteiger partial charge in [0.2, 0.25) is 5.91 Å². The number of hydrogen-bond acceptors (Lipinski definition) is 2. The van der Waals surface area contributed by atoms with Crippen molar-refractivity contribution in [3.63, 3.8) is 0 Å². The molecule has 0 aliphatic heterocycles. The van der Waals surface area contributed by atoms with Crippen molar-refractivity contribution in [3.8, 4) is 0 Å². The lowest BCUT2D eigenvalue weighted by molar-refractivity contribution is -0.121. The first kappa shape index (κ1) is 15.9. The van der Waals surface area contributed by atoms with E-state index < -0.39 is 0 Å². The van der Waals surface area contributed by atoms with Crippen molar-refractivity contribution in [1.82, 2.24) is 9.88 Å². The minimum atomic E-state index is -0.365. The fourth-order valence-electron chi connectivity index (χ4n) is 2.66. The molecule has 4 nitrogen and oxygen atoms in total. The van der Waals surface area contributed by atoms with Gasteiger partial charge in [-0.25, -0.2) is 4.39 Å². The van der Waals surface area contributed by atoms with Crippen LogP contribution < -0.4 is 10.9 Å². The third kappa shape index (κ3) is 3.20. The Morgan fingerprint density at radius 2 is 1.83 bits per heavy atom. The van der Waals surface area contributed by atoms with Gasteiger partial charge in [0, 0.05) is 17.7 Å². The van der Waals surface area contributed by atoms with Gasteiger partial charge in [-0.05, 0) is 30.5 Å². The van der Waals surface area contributed by atoms with Gasteiger partial charge < -0.3 is 5.32 Å². The standard InChI is InChI=1S/C19H17FN2O2/c1-13-10-14-6-3-5-9-17(14)22(19(13)24)12-18(23)21-11-15-7-2-4-8-16(15)20/h2-10H,11-12H2,1H3,(H,21,23). The minimum absolute atomic E-state index is 0.0873. The van der Waals surface area contributed by atoms with E-state index in [1.54, 1.807) is 31.2 Å². The van der Waals surface area contributed by atoms with Crippen LogP contribution in [0, 0.1) is 12.7 Å². The fraction of sp³-hybridized carbons (Fsp3) is 0.158. The van der Waals surface area contributed by atoms with Gasteiger partial charge in [-0.15, -0.1) is 0 Å². The number of benzene rings is 2.